The number of thioether (sulfide) groups is 1. The molecule has 27 heavy (non-hydrogen) atoms. The van der Waals surface area contributed by atoms with Crippen molar-refractivity contribution in [2.45, 2.75) is 11.4 Å². The fraction of sp³-hybridized carbons (Fsp3) is 0.143. The van der Waals surface area contributed by atoms with Gasteiger partial charge in [-0.15, -0.1) is 11.8 Å². The number of rotatable bonds is 6. The van der Waals surface area contributed by atoms with E-state index in [1.165, 1.54) is 4.57 Å². The largest absolute Gasteiger partial charge is 0.497 e. The number of anilines is 1. The summed E-state index contributed by atoms with van der Waals surface area (Å²) in [6.07, 6.45) is 3.65. The predicted molar refractivity (Wildman–Crippen MR) is 109 cm³/mol. The third-order valence-electron chi connectivity index (χ3n) is 4.10. The standard InChI is InChI=1S/C21H20N2O3S/c1-26-17-10-8-15(9-11-17)14-23-12-4-7-19(21(23)25)20(24)22-16-5-3-6-18(13-16)27-2/h3-13H,14H2,1-2H3,(H,22,24). The number of carbonyl (C=O) groups excluding carboxylic acids is 1. The Labute approximate surface area is 162 Å². The quantitative estimate of drug-likeness (QED) is 0.660. The van der Waals surface area contributed by atoms with Gasteiger partial charge in [-0.05, 0) is 54.3 Å². The molecule has 0 aliphatic carbocycles. The number of carbonyl (C=O) groups is 1. The van der Waals surface area contributed by atoms with Crippen molar-refractivity contribution >= 4 is 23.4 Å². The lowest BCUT2D eigenvalue weighted by molar-refractivity contribution is 0.102. The Morgan fingerprint density at radius 2 is 1.89 bits per heavy atom. The van der Waals surface area contributed by atoms with Crippen LogP contribution in [-0.2, 0) is 6.54 Å². The van der Waals surface area contributed by atoms with E-state index < -0.39 is 5.91 Å². The van der Waals surface area contributed by atoms with Crippen LogP contribution in [0.5, 0.6) is 5.75 Å². The van der Waals surface area contributed by atoms with Crippen LogP contribution in [0.1, 0.15) is 15.9 Å². The van der Waals surface area contributed by atoms with E-state index >= 15 is 0 Å². The molecule has 0 aliphatic heterocycles. The normalized spacial score (nSPS) is 10.4. The number of hydrogen-bond donors (Lipinski definition) is 1. The Kier molecular flexibility index (Phi) is 5.98. The van der Waals surface area contributed by atoms with Gasteiger partial charge in [0.25, 0.3) is 11.5 Å². The third kappa shape index (κ3) is 4.60. The van der Waals surface area contributed by atoms with Crippen molar-refractivity contribution in [3.05, 3.63) is 88.3 Å². The zero-order valence-electron chi connectivity index (χ0n) is 15.1. The van der Waals surface area contributed by atoms with E-state index in [4.69, 9.17) is 4.74 Å². The number of pyridine rings is 1. The van der Waals surface area contributed by atoms with E-state index in [1.807, 2.05) is 48.7 Å². The average molecular weight is 380 g/mol. The fourth-order valence-corrected chi connectivity index (χ4v) is 3.12. The molecule has 1 amide bonds. The summed E-state index contributed by atoms with van der Waals surface area (Å²) in [6, 6.07) is 18.2. The van der Waals surface area contributed by atoms with Crippen LogP contribution in [0.3, 0.4) is 0 Å². The van der Waals surface area contributed by atoms with Gasteiger partial charge in [0.15, 0.2) is 0 Å². The van der Waals surface area contributed by atoms with Crippen LogP contribution in [0, 0.1) is 0 Å². The summed E-state index contributed by atoms with van der Waals surface area (Å²) < 4.78 is 6.67. The maximum Gasteiger partial charge on any atom is 0.263 e. The molecule has 2 aromatic carbocycles. The number of benzene rings is 2. The lowest BCUT2D eigenvalue weighted by Crippen LogP contribution is -2.29. The summed E-state index contributed by atoms with van der Waals surface area (Å²) >= 11 is 1.59. The highest BCUT2D eigenvalue weighted by molar-refractivity contribution is 7.98. The highest BCUT2D eigenvalue weighted by Gasteiger charge is 2.13. The van der Waals surface area contributed by atoms with E-state index in [9.17, 15) is 9.59 Å². The van der Waals surface area contributed by atoms with Crippen molar-refractivity contribution in [3.8, 4) is 5.75 Å². The summed E-state index contributed by atoms with van der Waals surface area (Å²) in [5, 5.41) is 2.80. The first-order valence-electron chi connectivity index (χ1n) is 8.38. The number of aromatic nitrogens is 1. The number of amides is 1. The molecule has 0 spiro atoms. The van der Waals surface area contributed by atoms with Crippen molar-refractivity contribution in [1.29, 1.82) is 0 Å². The van der Waals surface area contributed by atoms with E-state index in [0.717, 1.165) is 16.2 Å². The smallest absolute Gasteiger partial charge is 0.263 e. The molecular weight excluding hydrogens is 360 g/mol. The first kappa shape index (κ1) is 18.8. The Morgan fingerprint density at radius 1 is 1.11 bits per heavy atom. The van der Waals surface area contributed by atoms with Crippen LogP contribution < -0.4 is 15.6 Å². The van der Waals surface area contributed by atoms with Crippen molar-refractivity contribution in [2.75, 3.05) is 18.7 Å². The van der Waals surface area contributed by atoms with Crippen molar-refractivity contribution in [2.24, 2.45) is 0 Å². The second-order valence-corrected chi connectivity index (χ2v) is 6.77. The van der Waals surface area contributed by atoms with Gasteiger partial charge >= 0.3 is 0 Å². The number of methoxy groups -OCH3 is 1. The zero-order valence-corrected chi connectivity index (χ0v) is 16.0. The molecule has 1 heterocycles. The van der Waals surface area contributed by atoms with Crippen molar-refractivity contribution in [1.82, 2.24) is 4.57 Å². The molecule has 0 saturated carbocycles. The van der Waals surface area contributed by atoms with Gasteiger partial charge in [-0.25, -0.2) is 0 Å². The molecule has 138 valence electrons. The third-order valence-corrected chi connectivity index (χ3v) is 4.83. The second kappa shape index (κ2) is 8.60. The maximum atomic E-state index is 12.7. The molecule has 1 aromatic heterocycles. The molecule has 0 saturated heterocycles. The van der Waals surface area contributed by atoms with E-state index in [2.05, 4.69) is 5.32 Å². The lowest BCUT2D eigenvalue weighted by atomic mass is 10.2. The van der Waals surface area contributed by atoms with Gasteiger partial charge in [0.2, 0.25) is 0 Å². The number of nitrogens with one attached hydrogen (secondary N) is 1. The van der Waals surface area contributed by atoms with Crippen LogP contribution in [0.2, 0.25) is 0 Å². The lowest BCUT2D eigenvalue weighted by Gasteiger charge is -2.10. The monoisotopic (exact) mass is 380 g/mol. The van der Waals surface area contributed by atoms with Gasteiger partial charge in [0.1, 0.15) is 11.3 Å². The molecule has 0 radical (unpaired) electrons. The predicted octanol–water partition coefficient (Wildman–Crippen LogP) is 3.88. The molecule has 6 heteroatoms. The van der Waals surface area contributed by atoms with Crippen molar-refractivity contribution in [3.63, 3.8) is 0 Å². The van der Waals surface area contributed by atoms with Crippen LogP contribution in [0.4, 0.5) is 5.69 Å². The van der Waals surface area contributed by atoms with E-state index in [0.29, 0.717) is 12.2 Å². The molecule has 0 fully saturated rings. The van der Waals surface area contributed by atoms with Gasteiger partial charge in [0.05, 0.1) is 13.7 Å². The molecule has 3 aromatic rings. The summed E-state index contributed by atoms with van der Waals surface area (Å²) in [5.41, 5.74) is 1.40. The fourth-order valence-electron chi connectivity index (χ4n) is 2.66. The Hall–Kier alpha value is -2.99. The molecule has 0 atom stereocenters. The SMILES string of the molecule is COc1ccc(Cn2cccc(C(=O)Nc3cccc(SC)c3)c2=O)cc1. The maximum absolute atomic E-state index is 12.7. The Morgan fingerprint density at radius 3 is 2.59 bits per heavy atom. The first-order valence-corrected chi connectivity index (χ1v) is 9.61. The average Bonchev–Trinajstić information content (AvgIpc) is 2.70. The molecule has 3 rings (SSSR count). The van der Waals surface area contributed by atoms with Crippen LogP contribution >= 0.6 is 11.8 Å². The van der Waals surface area contributed by atoms with Crippen LogP contribution in [-0.4, -0.2) is 23.8 Å². The van der Waals surface area contributed by atoms with E-state index in [1.54, 1.807) is 43.3 Å². The summed E-state index contributed by atoms with van der Waals surface area (Å²) in [7, 11) is 1.61. The Balaban J connectivity index is 1.80. The number of ether oxygens (including phenoxy) is 1. The highest BCUT2D eigenvalue weighted by atomic mass is 32.2. The van der Waals surface area contributed by atoms with Gasteiger partial charge in [-0.2, -0.15) is 0 Å². The zero-order chi connectivity index (χ0) is 19.2. The summed E-state index contributed by atoms with van der Waals surface area (Å²) in [6.45, 7) is 0.381. The van der Waals surface area contributed by atoms with Crippen LogP contribution in [0.15, 0.2) is 76.6 Å². The molecule has 0 unspecified atom stereocenters. The molecule has 0 aliphatic rings. The van der Waals surface area contributed by atoms with Gasteiger partial charge in [0, 0.05) is 16.8 Å². The van der Waals surface area contributed by atoms with Gasteiger partial charge in [-0.1, -0.05) is 18.2 Å². The minimum atomic E-state index is -0.415. The van der Waals surface area contributed by atoms with Gasteiger partial charge < -0.3 is 14.6 Å². The number of hydrogen-bond acceptors (Lipinski definition) is 4. The minimum absolute atomic E-state index is 0.112. The first-order chi connectivity index (χ1) is 13.1. The van der Waals surface area contributed by atoms with Crippen molar-refractivity contribution < 1.29 is 9.53 Å². The van der Waals surface area contributed by atoms with Crippen LogP contribution in [0.25, 0.3) is 0 Å². The summed E-state index contributed by atoms with van der Waals surface area (Å²) in [4.78, 5) is 26.3. The Bertz CT molecular complexity index is 997. The van der Waals surface area contributed by atoms with Gasteiger partial charge in [-0.3, -0.25) is 9.59 Å². The summed E-state index contributed by atoms with van der Waals surface area (Å²) in [5.74, 6) is 0.342. The molecular formula is C21H20N2O3S. The highest BCUT2D eigenvalue weighted by Crippen LogP contribution is 2.19. The second-order valence-electron chi connectivity index (χ2n) is 5.89. The molecule has 1 N–H and O–H groups in total. The van der Waals surface area contributed by atoms with E-state index in [-0.39, 0.29) is 11.1 Å². The number of nitrogens with zero attached hydrogens (tertiary/aromatic N) is 1. The molecule has 0 bridgehead atoms. The minimum Gasteiger partial charge on any atom is -0.497 e. The topological polar surface area (TPSA) is 60.3 Å². The molecule has 5 nitrogen and oxygen atoms in total.